The maximum absolute atomic E-state index is 12.8. The van der Waals surface area contributed by atoms with Crippen molar-refractivity contribution in [1.29, 1.82) is 0 Å². The summed E-state index contributed by atoms with van der Waals surface area (Å²) in [5.41, 5.74) is 2.35. The summed E-state index contributed by atoms with van der Waals surface area (Å²) >= 11 is 6.03. The highest BCUT2D eigenvalue weighted by molar-refractivity contribution is 6.31. The largest absolute Gasteiger partial charge is 0.495 e. The molecule has 0 spiro atoms. The van der Waals surface area contributed by atoms with Gasteiger partial charge in [0.25, 0.3) is 0 Å². The number of hydrogen-bond donors (Lipinski definition) is 1. The van der Waals surface area contributed by atoms with Gasteiger partial charge in [0.2, 0.25) is 0 Å². The molecule has 2 amide bonds. The third-order valence-electron chi connectivity index (χ3n) is 3.82. The number of anilines is 2. The lowest BCUT2D eigenvalue weighted by molar-refractivity contribution is 0.208. The maximum Gasteiger partial charge on any atom is 0.326 e. The molecular formula is C18H19ClN2O3. The average Bonchev–Trinajstić information content (AvgIpc) is 2.54. The molecule has 0 radical (unpaired) electrons. The van der Waals surface area contributed by atoms with Crippen LogP contribution >= 0.6 is 11.6 Å². The number of rotatable bonds is 2. The number of nitrogens with zero attached hydrogens (tertiary/aromatic N) is 1. The third kappa shape index (κ3) is 3.26. The van der Waals surface area contributed by atoms with Crippen LogP contribution in [-0.2, 0) is 0 Å². The first kappa shape index (κ1) is 16.5. The van der Waals surface area contributed by atoms with Crippen LogP contribution in [0.4, 0.5) is 16.2 Å². The fourth-order valence-corrected chi connectivity index (χ4v) is 2.87. The van der Waals surface area contributed by atoms with Gasteiger partial charge in [-0.05, 0) is 49.7 Å². The van der Waals surface area contributed by atoms with E-state index >= 15 is 0 Å². The topological polar surface area (TPSA) is 50.8 Å². The highest BCUT2D eigenvalue weighted by Crippen LogP contribution is 2.35. The number of hydrogen-bond acceptors (Lipinski definition) is 3. The second kappa shape index (κ2) is 6.61. The standard InChI is InChI=1S/C18H19ClN2O3/c1-11-4-6-17-15(8-11)21(10-12(2)24-17)18(22)20-14-9-13(19)5-7-16(14)23-3/h4-9,12H,10H2,1-3H3,(H,20,22)/t12-/m0/s1. The van der Waals surface area contributed by atoms with Gasteiger partial charge in [-0.25, -0.2) is 4.79 Å². The lowest BCUT2D eigenvalue weighted by Gasteiger charge is -2.33. The van der Waals surface area contributed by atoms with Crippen LogP contribution in [0.2, 0.25) is 5.02 Å². The molecular weight excluding hydrogens is 328 g/mol. The highest BCUT2D eigenvalue weighted by Gasteiger charge is 2.28. The van der Waals surface area contributed by atoms with Crippen molar-refractivity contribution in [2.24, 2.45) is 0 Å². The number of aryl methyl sites for hydroxylation is 1. The van der Waals surface area contributed by atoms with Crippen molar-refractivity contribution in [2.75, 3.05) is 23.9 Å². The van der Waals surface area contributed by atoms with Crippen LogP contribution in [0.15, 0.2) is 36.4 Å². The zero-order chi connectivity index (χ0) is 17.3. The molecule has 1 N–H and O–H groups in total. The van der Waals surface area contributed by atoms with Crippen LogP contribution in [0, 0.1) is 6.92 Å². The first-order valence-corrected chi connectivity index (χ1v) is 8.05. The van der Waals surface area contributed by atoms with E-state index in [0.29, 0.717) is 28.8 Å². The van der Waals surface area contributed by atoms with Gasteiger partial charge < -0.3 is 14.8 Å². The molecule has 0 aromatic heterocycles. The van der Waals surface area contributed by atoms with Crippen LogP contribution < -0.4 is 19.7 Å². The lowest BCUT2D eigenvalue weighted by Crippen LogP contribution is -2.44. The van der Waals surface area contributed by atoms with Crippen LogP contribution in [0.5, 0.6) is 11.5 Å². The second-order valence-corrected chi connectivity index (χ2v) is 6.22. The van der Waals surface area contributed by atoms with Crippen molar-refractivity contribution in [2.45, 2.75) is 20.0 Å². The van der Waals surface area contributed by atoms with E-state index in [1.54, 1.807) is 30.2 Å². The zero-order valence-corrected chi connectivity index (χ0v) is 14.6. The molecule has 2 aromatic carbocycles. The number of ether oxygens (including phenoxy) is 2. The Balaban J connectivity index is 1.91. The van der Waals surface area contributed by atoms with Crippen LogP contribution in [0.3, 0.4) is 0 Å². The molecule has 24 heavy (non-hydrogen) atoms. The minimum absolute atomic E-state index is 0.0905. The number of halogens is 1. The van der Waals surface area contributed by atoms with Gasteiger partial charge in [-0.15, -0.1) is 0 Å². The molecule has 1 aliphatic rings. The minimum atomic E-state index is -0.252. The van der Waals surface area contributed by atoms with Gasteiger partial charge in [-0.1, -0.05) is 17.7 Å². The number of nitrogens with one attached hydrogen (secondary N) is 1. The predicted molar refractivity (Wildman–Crippen MR) is 95.6 cm³/mol. The van der Waals surface area contributed by atoms with E-state index in [1.807, 2.05) is 32.0 Å². The van der Waals surface area contributed by atoms with Crippen molar-refractivity contribution >= 4 is 29.0 Å². The molecule has 1 aliphatic heterocycles. The zero-order valence-electron chi connectivity index (χ0n) is 13.8. The molecule has 1 atom stereocenters. The highest BCUT2D eigenvalue weighted by atomic mass is 35.5. The fraction of sp³-hybridized carbons (Fsp3) is 0.278. The number of fused-ring (bicyclic) bond motifs is 1. The van der Waals surface area contributed by atoms with Gasteiger partial charge in [-0.2, -0.15) is 0 Å². The Hall–Kier alpha value is -2.40. The first-order chi connectivity index (χ1) is 11.5. The quantitative estimate of drug-likeness (QED) is 0.872. The van der Waals surface area contributed by atoms with Crippen molar-refractivity contribution in [3.05, 3.63) is 47.0 Å². The summed E-state index contributed by atoms with van der Waals surface area (Å²) < 4.78 is 11.1. The van der Waals surface area contributed by atoms with E-state index in [1.165, 1.54) is 0 Å². The molecule has 0 aliphatic carbocycles. The van der Waals surface area contributed by atoms with Gasteiger partial charge in [0, 0.05) is 5.02 Å². The van der Waals surface area contributed by atoms with E-state index in [0.717, 1.165) is 11.3 Å². The van der Waals surface area contributed by atoms with Gasteiger partial charge in [0.1, 0.15) is 17.6 Å². The van der Waals surface area contributed by atoms with Crippen molar-refractivity contribution in [1.82, 2.24) is 0 Å². The number of carbonyl (C=O) groups excluding carboxylic acids is 1. The number of methoxy groups -OCH3 is 1. The second-order valence-electron chi connectivity index (χ2n) is 5.79. The predicted octanol–water partition coefficient (Wildman–Crippen LogP) is 4.48. The maximum atomic E-state index is 12.8. The van der Waals surface area contributed by atoms with E-state index in [-0.39, 0.29) is 12.1 Å². The van der Waals surface area contributed by atoms with E-state index < -0.39 is 0 Å². The van der Waals surface area contributed by atoms with Crippen LogP contribution in [0.25, 0.3) is 0 Å². The van der Waals surface area contributed by atoms with Crippen LogP contribution in [-0.4, -0.2) is 25.8 Å². The smallest absolute Gasteiger partial charge is 0.326 e. The van der Waals surface area contributed by atoms with Crippen molar-refractivity contribution in [3.8, 4) is 11.5 Å². The number of benzene rings is 2. The Morgan fingerprint density at radius 2 is 2.12 bits per heavy atom. The molecule has 5 nitrogen and oxygen atoms in total. The normalized spacial score (nSPS) is 16.2. The fourth-order valence-electron chi connectivity index (χ4n) is 2.70. The molecule has 6 heteroatoms. The van der Waals surface area contributed by atoms with Crippen molar-refractivity contribution < 1.29 is 14.3 Å². The number of amides is 2. The molecule has 0 fully saturated rings. The van der Waals surface area contributed by atoms with Crippen LogP contribution in [0.1, 0.15) is 12.5 Å². The Bertz CT molecular complexity index is 779. The summed E-state index contributed by atoms with van der Waals surface area (Å²) in [6.45, 7) is 4.38. The molecule has 2 aromatic rings. The van der Waals surface area contributed by atoms with Gasteiger partial charge in [0.05, 0.1) is 25.0 Å². The molecule has 1 heterocycles. The lowest BCUT2D eigenvalue weighted by atomic mass is 10.1. The summed E-state index contributed by atoms with van der Waals surface area (Å²) in [6.07, 6.45) is -0.0905. The van der Waals surface area contributed by atoms with Gasteiger partial charge in [-0.3, -0.25) is 4.90 Å². The Morgan fingerprint density at radius 1 is 1.33 bits per heavy atom. The molecule has 0 unspecified atom stereocenters. The number of urea groups is 1. The molecule has 0 bridgehead atoms. The van der Waals surface area contributed by atoms with E-state index in [9.17, 15) is 4.79 Å². The summed E-state index contributed by atoms with van der Waals surface area (Å²) in [5, 5.41) is 3.40. The number of carbonyl (C=O) groups is 1. The first-order valence-electron chi connectivity index (χ1n) is 7.67. The van der Waals surface area contributed by atoms with E-state index in [4.69, 9.17) is 21.1 Å². The molecule has 126 valence electrons. The summed E-state index contributed by atoms with van der Waals surface area (Å²) in [4.78, 5) is 14.5. The Kier molecular flexibility index (Phi) is 4.53. The molecule has 0 saturated heterocycles. The third-order valence-corrected chi connectivity index (χ3v) is 4.06. The summed E-state index contributed by atoms with van der Waals surface area (Å²) in [5.74, 6) is 1.26. The van der Waals surface area contributed by atoms with Gasteiger partial charge >= 0.3 is 6.03 Å². The molecule has 3 rings (SSSR count). The minimum Gasteiger partial charge on any atom is -0.495 e. The Labute approximate surface area is 146 Å². The summed E-state index contributed by atoms with van der Waals surface area (Å²) in [6, 6.07) is 10.6. The summed E-state index contributed by atoms with van der Waals surface area (Å²) in [7, 11) is 1.55. The SMILES string of the molecule is COc1ccc(Cl)cc1NC(=O)N1C[C@H](C)Oc2ccc(C)cc21. The Morgan fingerprint density at radius 3 is 2.88 bits per heavy atom. The van der Waals surface area contributed by atoms with Crippen molar-refractivity contribution in [3.63, 3.8) is 0 Å². The van der Waals surface area contributed by atoms with E-state index in [2.05, 4.69) is 5.32 Å². The average molecular weight is 347 g/mol. The monoisotopic (exact) mass is 346 g/mol. The van der Waals surface area contributed by atoms with Gasteiger partial charge in [0.15, 0.2) is 0 Å². The molecule has 0 saturated carbocycles.